The number of pyridine rings is 1. The first-order chi connectivity index (χ1) is 22.6. The number of hydrogen-bond acceptors (Lipinski definition) is 10. The molecule has 0 bridgehead atoms. The van der Waals surface area contributed by atoms with Gasteiger partial charge in [0.1, 0.15) is 29.1 Å². The third-order valence-corrected chi connectivity index (χ3v) is 7.88. The summed E-state index contributed by atoms with van der Waals surface area (Å²) in [7, 11) is 1.88. The van der Waals surface area contributed by atoms with Crippen LogP contribution in [0.2, 0.25) is 0 Å². The van der Waals surface area contributed by atoms with E-state index in [0.29, 0.717) is 42.1 Å². The molecule has 6 rings (SSSR count). The zero-order valence-corrected chi connectivity index (χ0v) is 25.4. The maximum absolute atomic E-state index is 13.7. The van der Waals surface area contributed by atoms with E-state index in [9.17, 15) is 10.1 Å². The molecule has 0 aliphatic heterocycles. The van der Waals surface area contributed by atoms with E-state index in [1.807, 2.05) is 55.7 Å². The van der Waals surface area contributed by atoms with Gasteiger partial charge in [-0.1, -0.05) is 30.3 Å². The average molecular weight is 615 g/mol. The van der Waals surface area contributed by atoms with Gasteiger partial charge in [-0.2, -0.15) is 15.3 Å². The second kappa shape index (κ2) is 14.3. The molecule has 3 N–H and O–H groups in total. The SMILES string of the molecule is Cn1cc(-c2ccc(N(C(=O)NCc3ccccc3)C3CCC(Nc4ncc(C#N)c(NCc5ncccn5)n4)CC3)nc2)cn1. The molecular weight excluding hydrogens is 580 g/mol. The number of rotatable bonds is 10. The number of benzene rings is 1. The van der Waals surface area contributed by atoms with Crippen LogP contribution in [0.5, 0.6) is 0 Å². The number of carbonyl (C=O) groups is 1. The number of hydrogen-bond donors (Lipinski definition) is 3. The van der Waals surface area contributed by atoms with E-state index in [4.69, 9.17) is 4.98 Å². The third kappa shape index (κ3) is 7.41. The van der Waals surface area contributed by atoms with Gasteiger partial charge in [0.05, 0.1) is 18.9 Å². The molecule has 1 aliphatic rings. The van der Waals surface area contributed by atoms with E-state index in [1.165, 1.54) is 6.20 Å². The number of nitrogens with one attached hydrogen (secondary N) is 3. The number of nitrogens with zero attached hydrogens (tertiary/aromatic N) is 9. The van der Waals surface area contributed by atoms with E-state index in [1.54, 1.807) is 40.4 Å². The smallest absolute Gasteiger partial charge is 0.323 e. The molecule has 1 saturated carbocycles. The summed E-state index contributed by atoms with van der Waals surface area (Å²) in [4.78, 5) is 37.6. The lowest BCUT2D eigenvalue weighted by Gasteiger charge is -2.36. The first kappa shape index (κ1) is 30.1. The van der Waals surface area contributed by atoms with Gasteiger partial charge in [0.2, 0.25) is 5.95 Å². The molecular formula is C33H34N12O. The van der Waals surface area contributed by atoms with Crippen molar-refractivity contribution < 1.29 is 4.79 Å². The molecule has 0 spiro atoms. The minimum Gasteiger partial charge on any atom is -0.362 e. The Morgan fingerprint density at radius 2 is 1.74 bits per heavy atom. The molecule has 0 unspecified atom stereocenters. The zero-order chi connectivity index (χ0) is 31.7. The van der Waals surface area contributed by atoms with Crippen molar-refractivity contribution in [3.8, 4) is 17.2 Å². The van der Waals surface area contributed by atoms with Crippen molar-refractivity contribution in [2.45, 2.75) is 50.9 Å². The number of nitriles is 1. The first-order valence-electron chi connectivity index (χ1n) is 15.1. The van der Waals surface area contributed by atoms with Gasteiger partial charge >= 0.3 is 6.03 Å². The second-order valence-electron chi connectivity index (χ2n) is 11.1. The fourth-order valence-corrected chi connectivity index (χ4v) is 5.50. The molecule has 0 atom stereocenters. The highest BCUT2D eigenvalue weighted by Gasteiger charge is 2.31. The number of aromatic nitrogens is 7. The Kier molecular flexibility index (Phi) is 9.34. The van der Waals surface area contributed by atoms with Crippen molar-refractivity contribution in [1.82, 2.24) is 40.0 Å². The maximum atomic E-state index is 13.7. The Bertz CT molecular complexity index is 1780. The van der Waals surface area contributed by atoms with Gasteiger partial charge in [0, 0.05) is 61.6 Å². The molecule has 4 heterocycles. The van der Waals surface area contributed by atoms with Crippen LogP contribution in [0.3, 0.4) is 0 Å². The van der Waals surface area contributed by atoms with Crippen molar-refractivity contribution in [1.29, 1.82) is 5.26 Å². The number of urea groups is 1. The predicted octanol–water partition coefficient (Wildman–Crippen LogP) is 4.69. The minimum absolute atomic E-state index is 0.0458. The van der Waals surface area contributed by atoms with Crippen molar-refractivity contribution in [2.24, 2.45) is 7.05 Å². The summed E-state index contributed by atoms with van der Waals surface area (Å²) >= 11 is 0. The van der Waals surface area contributed by atoms with Crippen LogP contribution in [-0.2, 0) is 20.1 Å². The second-order valence-corrected chi connectivity index (χ2v) is 11.1. The molecule has 1 fully saturated rings. The highest BCUT2D eigenvalue weighted by molar-refractivity contribution is 5.91. The Morgan fingerprint density at radius 3 is 2.43 bits per heavy atom. The normalized spacial score (nSPS) is 15.8. The lowest BCUT2D eigenvalue weighted by Crippen LogP contribution is -2.49. The average Bonchev–Trinajstić information content (AvgIpc) is 3.54. The predicted molar refractivity (Wildman–Crippen MR) is 173 cm³/mol. The van der Waals surface area contributed by atoms with E-state index in [2.05, 4.69) is 47.1 Å². The Balaban J connectivity index is 1.13. The molecule has 4 aromatic heterocycles. The Morgan fingerprint density at radius 1 is 0.935 bits per heavy atom. The summed E-state index contributed by atoms with van der Waals surface area (Å²) in [6, 6.07) is 17.5. The van der Waals surface area contributed by atoms with Crippen LogP contribution in [0.25, 0.3) is 11.1 Å². The van der Waals surface area contributed by atoms with Crippen LogP contribution in [-0.4, -0.2) is 52.8 Å². The number of aryl methyl sites for hydroxylation is 1. The number of amides is 2. The fourth-order valence-electron chi connectivity index (χ4n) is 5.50. The largest absolute Gasteiger partial charge is 0.362 e. The summed E-state index contributed by atoms with van der Waals surface area (Å²) in [5.41, 5.74) is 3.26. The summed E-state index contributed by atoms with van der Waals surface area (Å²) in [6.07, 6.45) is 13.5. The van der Waals surface area contributed by atoms with Gasteiger partial charge in [-0.05, 0) is 49.4 Å². The molecule has 13 heteroatoms. The maximum Gasteiger partial charge on any atom is 0.323 e. The topological polar surface area (TPSA) is 162 Å². The molecule has 46 heavy (non-hydrogen) atoms. The summed E-state index contributed by atoms with van der Waals surface area (Å²) in [5.74, 6) is 2.05. The quantitative estimate of drug-likeness (QED) is 0.201. The standard InChI is InChI=1S/C33H34N12O/c1-44-22-26(20-41-44)24-8-13-30(37-18-24)45(33(46)40-17-23-6-3-2-4-7-23)28-11-9-27(10-12-28)42-32-39-19-25(16-34)31(43-32)38-21-29-35-14-5-15-36-29/h2-8,13-15,18-20,22,27-28H,9-12,17,21H2,1H3,(H,40,46)(H2,38,39,42,43). The monoisotopic (exact) mass is 614 g/mol. The van der Waals surface area contributed by atoms with Crippen molar-refractivity contribution in [3.05, 3.63) is 103 Å². The number of carbonyl (C=O) groups excluding carboxylic acids is 1. The van der Waals surface area contributed by atoms with Crippen molar-refractivity contribution in [2.75, 3.05) is 15.5 Å². The molecule has 2 amide bonds. The van der Waals surface area contributed by atoms with Gasteiger partial charge < -0.3 is 16.0 Å². The van der Waals surface area contributed by atoms with Crippen LogP contribution >= 0.6 is 0 Å². The molecule has 232 valence electrons. The van der Waals surface area contributed by atoms with Gasteiger partial charge in [-0.3, -0.25) is 9.58 Å². The highest BCUT2D eigenvalue weighted by Crippen LogP contribution is 2.30. The molecule has 1 aromatic carbocycles. The summed E-state index contributed by atoms with van der Waals surface area (Å²) < 4.78 is 1.75. The zero-order valence-electron chi connectivity index (χ0n) is 25.4. The third-order valence-electron chi connectivity index (χ3n) is 7.88. The van der Waals surface area contributed by atoms with Gasteiger partial charge in [0.15, 0.2) is 0 Å². The van der Waals surface area contributed by atoms with E-state index in [0.717, 1.165) is 42.4 Å². The van der Waals surface area contributed by atoms with Crippen molar-refractivity contribution >= 4 is 23.6 Å². The summed E-state index contributed by atoms with van der Waals surface area (Å²) in [6.45, 7) is 0.750. The van der Waals surface area contributed by atoms with Crippen LogP contribution < -0.4 is 20.9 Å². The minimum atomic E-state index is -0.185. The molecule has 5 aromatic rings. The van der Waals surface area contributed by atoms with E-state index in [-0.39, 0.29) is 18.1 Å². The van der Waals surface area contributed by atoms with Gasteiger partial charge in [-0.15, -0.1) is 0 Å². The van der Waals surface area contributed by atoms with Crippen molar-refractivity contribution in [3.63, 3.8) is 0 Å². The lowest BCUT2D eigenvalue weighted by molar-refractivity contribution is 0.240. The number of anilines is 3. The molecule has 0 radical (unpaired) electrons. The van der Waals surface area contributed by atoms with Crippen LogP contribution in [0.4, 0.5) is 22.4 Å². The molecule has 13 nitrogen and oxygen atoms in total. The lowest BCUT2D eigenvalue weighted by atomic mass is 9.90. The van der Waals surface area contributed by atoms with Gasteiger partial charge in [-0.25, -0.2) is 24.7 Å². The summed E-state index contributed by atoms with van der Waals surface area (Å²) in [5, 5.41) is 23.5. The van der Waals surface area contributed by atoms with E-state index >= 15 is 0 Å². The molecule has 1 aliphatic carbocycles. The van der Waals surface area contributed by atoms with Gasteiger partial charge in [0.25, 0.3) is 0 Å². The van der Waals surface area contributed by atoms with Crippen LogP contribution in [0, 0.1) is 11.3 Å². The van der Waals surface area contributed by atoms with E-state index < -0.39 is 0 Å². The Labute approximate surface area is 266 Å². The van der Waals surface area contributed by atoms with Crippen LogP contribution in [0.1, 0.15) is 42.6 Å². The first-order valence-corrected chi connectivity index (χ1v) is 15.1. The fraction of sp³-hybridized carbons (Fsp3) is 0.273. The van der Waals surface area contributed by atoms with Crippen LogP contribution in [0.15, 0.2) is 85.7 Å². The Hall–Kier alpha value is -5.90. The molecule has 0 saturated heterocycles. The highest BCUT2D eigenvalue weighted by atomic mass is 16.2.